The smallest absolute Gasteiger partial charge is 0.181 e. The van der Waals surface area contributed by atoms with E-state index >= 15 is 0 Å². The Balaban J connectivity index is 2.18. The van der Waals surface area contributed by atoms with Crippen molar-refractivity contribution in [3.8, 4) is 10.6 Å². The third kappa shape index (κ3) is 1.73. The van der Waals surface area contributed by atoms with Crippen molar-refractivity contribution in [3.63, 3.8) is 0 Å². The van der Waals surface area contributed by atoms with Crippen molar-refractivity contribution < 1.29 is 8.81 Å². The molecule has 0 aliphatic carbocycles. The van der Waals surface area contributed by atoms with Crippen molar-refractivity contribution in [1.82, 2.24) is 4.98 Å². The topological polar surface area (TPSA) is 52.0 Å². The molecule has 0 saturated carbocycles. The summed E-state index contributed by atoms with van der Waals surface area (Å²) >= 11 is 1.47. The van der Waals surface area contributed by atoms with Gasteiger partial charge in [-0.1, -0.05) is 6.07 Å². The molecule has 86 valence electrons. The van der Waals surface area contributed by atoms with Gasteiger partial charge in [0.25, 0.3) is 0 Å². The highest BCUT2D eigenvalue weighted by Crippen LogP contribution is 2.35. The Kier molecular flexibility index (Phi) is 2.42. The molecule has 1 aromatic carbocycles. The number of nitrogens with zero attached hydrogens (tertiary/aromatic N) is 1. The number of benzene rings is 1. The summed E-state index contributed by atoms with van der Waals surface area (Å²) in [5.41, 5.74) is 6.29. The Morgan fingerprint density at radius 1 is 1.35 bits per heavy atom. The molecule has 5 heteroatoms. The van der Waals surface area contributed by atoms with E-state index in [1.165, 1.54) is 29.9 Å². The summed E-state index contributed by atoms with van der Waals surface area (Å²) in [7, 11) is 0. The first-order valence-electron chi connectivity index (χ1n) is 5.10. The van der Waals surface area contributed by atoms with E-state index in [0.717, 1.165) is 20.7 Å². The Hall–Kier alpha value is -1.72. The highest BCUT2D eigenvalue weighted by atomic mass is 32.1. The SMILES string of the molecule is NCc1ncoc1-c1cc2ccc(F)cc2s1. The van der Waals surface area contributed by atoms with E-state index in [9.17, 15) is 4.39 Å². The van der Waals surface area contributed by atoms with Crippen LogP contribution >= 0.6 is 11.3 Å². The zero-order valence-corrected chi connectivity index (χ0v) is 9.63. The number of halogens is 1. The van der Waals surface area contributed by atoms with Gasteiger partial charge in [-0.3, -0.25) is 0 Å². The van der Waals surface area contributed by atoms with Gasteiger partial charge in [0.15, 0.2) is 12.2 Å². The van der Waals surface area contributed by atoms with Gasteiger partial charge in [-0.25, -0.2) is 9.37 Å². The molecule has 0 radical (unpaired) electrons. The van der Waals surface area contributed by atoms with E-state index in [1.807, 2.05) is 6.07 Å². The normalized spacial score (nSPS) is 11.2. The van der Waals surface area contributed by atoms with E-state index in [-0.39, 0.29) is 5.82 Å². The molecule has 0 unspecified atom stereocenters. The van der Waals surface area contributed by atoms with Crippen molar-refractivity contribution in [2.45, 2.75) is 6.54 Å². The Morgan fingerprint density at radius 3 is 3.06 bits per heavy atom. The van der Waals surface area contributed by atoms with Gasteiger partial charge in [0.1, 0.15) is 11.5 Å². The van der Waals surface area contributed by atoms with Gasteiger partial charge in [-0.15, -0.1) is 11.3 Å². The molecule has 2 aromatic heterocycles. The summed E-state index contributed by atoms with van der Waals surface area (Å²) in [4.78, 5) is 4.96. The second kappa shape index (κ2) is 3.94. The van der Waals surface area contributed by atoms with Crippen LogP contribution in [0.25, 0.3) is 20.7 Å². The number of rotatable bonds is 2. The number of hydrogen-bond donors (Lipinski definition) is 1. The molecule has 0 spiro atoms. The highest BCUT2D eigenvalue weighted by molar-refractivity contribution is 7.22. The molecule has 0 saturated heterocycles. The summed E-state index contributed by atoms with van der Waals surface area (Å²) in [6.07, 6.45) is 1.38. The molecule has 0 aliphatic heterocycles. The van der Waals surface area contributed by atoms with E-state index in [0.29, 0.717) is 12.3 Å². The number of fused-ring (bicyclic) bond motifs is 1. The van der Waals surface area contributed by atoms with E-state index in [1.54, 1.807) is 6.07 Å². The van der Waals surface area contributed by atoms with Gasteiger partial charge >= 0.3 is 0 Å². The van der Waals surface area contributed by atoms with Crippen molar-refractivity contribution >= 4 is 21.4 Å². The lowest BCUT2D eigenvalue weighted by Gasteiger charge is -1.92. The first-order chi connectivity index (χ1) is 8.28. The molecule has 3 nitrogen and oxygen atoms in total. The molecule has 3 rings (SSSR count). The quantitative estimate of drug-likeness (QED) is 0.758. The largest absolute Gasteiger partial charge is 0.442 e. The second-order valence-electron chi connectivity index (χ2n) is 3.63. The number of thiophene rings is 1. The fraction of sp³-hybridized carbons (Fsp3) is 0.0833. The van der Waals surface area contributed by atoms with Crippen molar-refractivity contribution in [2.75, 3.05) is 0 Å². The van der Waals surface area contributed by atoms with Crippen LogP contribution in [-0.4, -0.2) is 4.98 Å². The minimum atomic E-state index is -0.234. The maximum absolute atomic E-state index is 13.1. The number of hydrogen-bond acceptors (Lipinski definition) is 4. The monoisotopic (exact) mass is 248 g/mol. The van der Waals surface area contributed by atoms with Crippen LogP contribution in [0.4, 0.5) is 4.39 Å². The van der Waals surface area contributed by atoms with Crippen LogP contribution < -0.4 is 5.73 Å². The predicted octanol–water partition coefficient (Wildman–Crippen LogP) is 3.15. The number of nitrogens with two attached hydrogens (primary N) is 1. The van der Waals surface area contributed by atoms with Crippen LogP contribution in [0, 0.1) is 5.82 Å². The summed E-state index contributed by atoms with van der Waals surface area (Å²) in [5, 5.41) is 0.991. The maximum Gasteiger partial charge on any atom is 0.181 e. The standard InChI is InChI=1S/C12H9FN2OS/c13-8-2-1-7-3-11(17-10(7)4-8)12-9(5-14)15-6-16-12/h1-4,6H,5,14H2. The fourth-order valence-corrected chi connectivity index (χ4v) is 2.83. The van der Waals surface area contributed by atoms with Crippen LogP contribution in [0.3, 0.4) is 0 Å². The van der Waals surface area contributed by atoms with Gasteiger partial charge in [-0.05, 0) is 23.6 Å². The minimum absolute atomic E-state index is 0.234. The fourth-order valence-electron chi connectivity index (χ4n) is 1.73. The lowest BCUT2D eigenvalue weighted by molar-refractivity contribution is 0.572. The summed E-state index contributed by atoms with van der Waals surface area (Å²) in [6, 6.07) is 6.67. The van der Waals surface area contributed by atoms with Gasteiger partial charge < -0.3 is 10.2 Å². The van der Waals surface area contributed by atoms with Crippen LogP contribution in [-0.2, 0) is 6.54 Å². The van der Waals surface area contributed by atoms with E-state index in [2.05, 4.69) is 4.98 Å². The third-order valence-electron chi connectivity index (χ3n) is 2.54. The summed E-state index contributed by atoms with van der Waals surface area (Å²) < 4.78 is 19.3. The Bertz CT molecular complexity index is 674. The van der Waals surface area contributed by atoms with E-state index in [4.69, 9.17) is 10.2 Å². The molecular weight excluding hydrogens is 239 g/mol. The predicted molar refractivity (Wildman–Crippen MR) is 65.2 cm³/mol. The molecular formula is C12H9FN2OS. The van der Waals surface area contributed by atoms with E-state index < -0.39 is 0 Å². The first kappa shape index (κ1) is 10.4. The highest BCUT2D eigenvalue weighted by Gasteiger charge is 2.12. The maximum atomic E-state index is 13.1. The van der Waals surface area contributed by atoms with Crippen LogP contribution in [0.15, 0.2) is 35.1 Å². The van der Waals surface area contributed by atoms with Gasteiger partial charge in [0.2, 0.25) is 0 Å². The van der Waals surface area contributed by atoms with Crippen LogP contribution in [0.2, 0.25) is 0 Å². The molecule has 0 aliphatic rings. The van der Waals surface area contributed by atoms with Crippen LogP contribution in [0.1, 0.15) is 5.69 Å². The number of aromatic nitrogens is 1. The lowest BCUT2D eigenvalue weighted by Crippen LogP contribution is -1.97. The zero-order valence-electron chi connectivity index (χ0n) is 8.81. The summed E-state index contributed by atoms with van der Waals surface area (Å²) in [6.45, 7) is 0.328. The molecule has 0 bridgehead atoms. The van der Waals surface area contributed by atoms with Crippen molar-refractivity contribution in [1.29, 1.82) is 0 Å². The molecule has 2 N–H and O–H groups in total. The average Bonchev–Trinajstić information content (AvgIpc) is 2.93. The zero-order chi connectivity index (χ0) is 11.8. The van der Waals surface area contributed by atoms with Crippen molar-refractivity contribution in [2.24, 2.45) is 5.73 Å². The van der Waals surface area contributed by atoms with Gasteiger partial charge in [0, 0.05) is 11.2 Å². The second-order valence-corrected chi connectivity index (χ2v) is 4.71. The molecule has 17 heavy (non-hydrogen) atoms. The molecule has 0 fully saturated rings. The van der Waals surface area contributed by atoms with Crippen LogP contribution in [0.5, 0.6) is 0 Å². The average molecular weight is 248 g/mol. The number of oxazole rings is 1. The Labute approximate surface area is 101 Å². The summed E-state index contributed by atoms with van der Waals surface area (Å²) in [5.74, 6) is 0.441. The van der Waals surface area contributed by atoms with Crippen molar-refractivity contribution in [3.05, 3.63) is 42.2 Å². The molecule has 2 heterocycles. The molecule has 0 amide bonds. The lowest BCUT2D eigenvalue weighted by atomic mass is 10.2. The molecule has 0 atom stereocenters. The van der Waals surface area contributed by atoms with Gasteiger partial charge in [0.05, 0.1) is 4.88 Å². The minimum Gasteiger partial charge on any atom is -0.442 e. The van der Waals surface area contributed by atoms with Gasteiger partial charge in [-0.2, -0.15) is 0 Å². The third-order valence-corrected chi connectivity index (χ3v) is 3.64. The Morgan fingerprint density at radius 2 is 2.24 bits per heavy atom. The molecule has 3 aromatic rings. The first-order valence-corrected chi connectivity index (χ1v) is 5.91.